The second kappa shape index (κ2) is 11.5. The van der Waals surface area contributed by atoms with E-state index in [1.54, 1.807) is 37.3 Å². The number of nitrogens with zero attached hydrogens (tertiary/aromatic N) is 2. The normalized spacial score (nSPS) is 13.5. The molecule has 202 valence electrons. The maximum Gasteiger partial charge on any atom is 0.258 e. The van der Waals surface area contributed by atoms with E-state index in [4.69, 9.17) is 4.74 Å². The highest BCUT2D eigenvalue weighted by Crippen LogP contribution is 2.38. The lowest BCUT2D eigenvalue weighted by Crippen LogP contribution is -2.26. The van der Waals surface area contributed by atoms with Crippen molar-refractivity contribution in [3.63, 3.8) is 0 Å². The third-order valence-electron chi connectivity index (χ3n) is 6.81. The summed E-state index contributed by atoms with van der Waals surface area (Å²) in [6.07, 6.45) is 0. The number of rotatable bonds is 8. The molecule has 1 aliphatic heterocycles. The lowest BCUT2D eigenvalue weighted by Gasteiger charge is -2.19. The van der Waals surface area contributed by atoms with Crippen molar-refractivity contribution in [3.8, 4) is 5.75 Å². The lowest BCUT2D eigenvalue weighted by molar-refractivity contribution is -0.110. The Kier molecular flexibility index (Phi) is 7.66. The van der Waals surface area contributed by atoms with Gasteiger partial charge in [0.2, 0.25) is 0 Å². The van der Waals surface area contributed by atoms with Crippen LogP contribution >= 0.6 is 0 Å². The largest absolute Gasteiger partial charge is 0.497 e. The van der Waals surface area contributed by atoms with Crippen molar-refractivity contribution < 1.29 is 14.3 Å². The quantitative estimate of drug-likeness (QED) is 0.274. The summed E-state index contributed by atoms with van der Waals surface area (Å²) in [6, 6.07) is 30.5. The molecule has 1 aliphatic rings. The third kappa shape index (κ3) is 5.60. The zero-order valence-corrected chi connectivity index (χ0v) is 23.1. The Hall–Kier alpha value is -4.88. The highest BCUT2D eigenvalue weighted by atomic mass is 16.5. The number of benzene rings is 4. The predicted octanol–water partition coefficient (Wildman–Crippen LogP) is 5.97. The highest BCUT2D eigenvalue weighted by molar-refractivity contribution is 6.37. The van der Waals surface area contributed by atoms with Gasteiger partial charge in [0.15, 0.2) is 0 Å². The number of ether oxygens (including phenoxy) is 1. The molecule has 0 unspecified atom stereocenters. The molecule has 2 amide bonds. The predicted molar refractivity (Wildman–Crippen MR) is 162 cm³/mol. The van der Waals surface area contributed by atoms with E-state index in [1.807, 2.05) is 80.8 Å². The van der Waals surface area contributed by atoms with E-state index in [-0.39, 0.29) is 11.8 Å². The van der Waals surface area contributed by atoms with Crippen LogP contribution in [0.3, 0.4) is 0 Å². The Morgan fingerprint density at radius 2 is 1.55 bits per heavy atom. The van der Waals surface area contributed by atoms with Crippen LogP contribution in [0.4, 0.5) is 17.1 Å². The van der Waals surface area contributed by atoms with Crippen LogP contribution in [0.25, 0.3) is 11.3 Å². The van der Waals surface area contributed by atoms with Gasteiger partial charge in [0.05, 0.1) is 18.4 Å². The van der Waals surface area contributed by atoms with Gasteiger partial charge < -0.3 is 25.2 Å². The number of amides is 2. The van der Waals surface area contributed by atoms with E-state index in [0.29, 0.717) is 28.1 Å². The van der Waals surface area contributed by atoms with E-state index in [1.165, 1.54) is 5.56 Å². The molecule has 5 rings (SSSR count). The van der Waals surface area contributed by atoms with Crippen LogP contribution in [-0.2, 0) is 11.3 Å². The van der Waals surface area contributed by atoms with Crippen LogP contribution in [0, 0.1) is 0 Å². The summed E-state index contributed by atoms with van der Waals surface area (Å²) in [6.45, 7) is 0.838. The van der Waals surface area contributed by atoms with Crippen molar-refractivity contribution in [2.45, 2.75) is 6.54 Å². The number of carbonyl (C=O) groups is 2. The first kappa shape index (κ1) is 26.7. The minimum absolute atomic E-state index is 0.183. The van der Waals surface area contributed by atoms with Crippen molar-refractivity contribution >= 4 is 40.1 Å². The topological polar surface area (TPSA) is 73.9 Å². The zero-order chi connectivity index (χ0) is 28.2. The molecule has 0 radical (unpaired) electrons. The van der Waals surface area contributed by atoms with Crippen LogP contribution in [-0.4, -0.2) is 45.0 Å². The fourth-order valence-electron chi connectivity index (χ4n) is 4.75. The summed E-state index contributed by atoms with van der Waals surface area (Å²) < 4.78 is 5.23. The number of nitrogens with one attached hydrogen (secondary N) is 2. The van der Waals surface area contributed by atoms with Crippen molar-refractivity contribution in [1.82, 2.24) is 4.90 Å². The first-order chi connectivity index (χ1) is 19.3. The molecule has 4 aromatic rings. The summed E-state index contributed by atoms with van der Waals surface area (Å²) in [7, 11) is 7.41. The fraction of sp³-hybridized carbons (Fsp3) is 0.152. The molecule has 0 bridgehead atoms. The first-order valence-electron chi connectivity index (χ1n) is 13.0. The molecular formula is C33H32N4O3. The average Bonchev–Trinajstić information content (AvgIpc) is 3.30. The Labute approximate surface area is 234 Å². The Morgan fingerprint density at radius 3 is 2.20 bits per heavy atom. The molecule has 7 heteroatoms. The maximum absolute atomic E-state index is 13.5. The van der Waals surface area contributed by atoms with Crippen molar-refractivity contribution in [3.05, 3.63) is 119 Å². The van der Waals surface area contributed by atoms with Crippen molar-refractivity contribution in [2.24, 2.45) is 0 Å². The summed E-state index contributed by atoms with van der Waals surface area (Å²) in [5.74, 6) is 0.311. The Morgan fingerprint density at radius 1 is 0.850 bits per heavy atom. The van der Waals surface area contributed by atoms with Gasteiger partial charge in [0.25, 0.3) is 11.8 Å². The molecule has 1 heterocycles. The summed E-state index contributed by atoms with van der Waals surface area (Å²) in [5, 5.41) is 6.47. The van der Waals surface area contributed by atoms with Gasteiger partial charge in [-0.3, -0.25) is 9.59 Å². The van der Waals surface area contributed by atoms with Crippen LogP contribution in [0.15, 0.2) is 97.1 Å². The van der Waals surface area contributed by atoms with Crippen molar-refractivity contribution in [1.29, 1.82) is 0 Å². The van der Waals surface area contributed by atoms with E-state index < -0.39 is 0 Å². The van der Waals surface area contributed by atoms with E-state index in [2.05, 4.69) is 27.7 Å². The number of hydrogen-bond donors (Lipinski definition) is 2. The zero-order valence-electron chi connectivity index (χ0n) is 23.1. The van der Waals surface area contributed by atoms with E-state index in [9.17, 15) is 9.59 Å². The van der Waals surface area contributed by atoms with Gasteiger partial charge in [0.1, 0.15) is 5.75 Å². The second-order valence-electron chi connectivity index (χ2n) is 9.95. The molecule has 0 fully saturated rings. The van der Waals surface area contributed by atoms with Gasteiger partial charge in [-0.1, -0.05) is 42.5 Å². The Balaban J connectivity index is 1.54. The standard InChI is InChI=1S/C33H32N4O3/c1-36(2)21-22-10-13-25(14-11-22)34-31(23-8-6-5-7-9-23)30-28-20-24(12-19-29(28)35-32(30)38)33(39)37(3)26-15-17-27(40-4)18-16-26/h5-20,34H,21H2,1-4H3,(H,35,38). The highest BCUT2D eigenvalue weighted by Gasteiger charge is 2.30. The number of fused-ring (bicyclic) bond motifs is 1. The molecule has 0 aliphatic carbocycles. The molecule has 7 nitrogen and oxygen atoms in total. The van der Waals surface area contributed by atoms with E-state index >= 15 is 0 Å². The van der Waals surface area contributed by atoms with Gasteiger partial charge in [-0.2, -0.15) is 0 Å². The molecule has 0 spiro atoms. The SMILES string of the molecule is COc1ccc(N(C)C(=O)c2ccc3c(c2)C(=C(Nc2ccc(CN(C)C)cc2)c2ccccc2)C(=O)N3)cc1. The summed E-state index contributed by atoms with van der Waals surface area (Å²) in [4.78, 5) is 30.6. The maximum atomic E-state index is 13.5. The number of hydrogen-bond acceptors (Lipinski definition) is 5. The summed E-state index contributed by atoms with van der Waals surface area (Å²) >= 11 is 0. The minimum Gasteiger partial charge on any atom is -0.497 e. The molecule has 4 aromatic carbocycles. The monoisotopic (exact) mass is 532 g/mol. The van der Waals surface area contributed by atoms with Gasteiger partial charge in [-0.25, -0.2) is 0 Å². The van der Waals surface area contributed by atoms with Crippen LogP contribution in [0.1, 0.15) is 27.0 Å². The minimum atomic E-state index is -0.223. The lowest BCUT2D eigenvalue weighted by atomic mass is 9.98. The number of methoxy groups -OCH3 is 1. The van der Waals surface area contributed by atoms with Gasteiger partial charge in [-0.05, 0) is 79.8 Å². The third-order valence-corrected chi connectivity index (χ3v) is 6.81. The average molecular weight is 533 g/mol. The smallest absolute Gasteiger partial charge is 0.258 e. The number of carbonyl (C=O) groups excluding carboxylic acids is 2. The van der Waals surface area contributed by atoms with Crippen molar-refractivity contribution in [2.75, 3.05) is 43.8 Å². The van der Waals surface area contributed by atoms with E-state index in [0.717, 1.165) is 29.2 Å². The van der Waals surface area contributed by atoms with Crippen LogP contribution in [0.5, 0.6) is 5.75 Å². The van der Waals surface area contributed by atoms with Gasteiger partial charge in [-0.15, -0.1) is 0 Å². The van der Waals surface area contributed by atoms with Gasteiger partial charge >= 0.3 is 0 Å². The van der Waals surface area contributed by atoms with Crippen LogP contribution < -0.4 is 20.3 Å². The Bertz CT molecular complexity index is 1560. The number of anilines is 3. The molecule has 0 atom stereocenters. The molecule has 0 saturated carbocycles. The summed E-state index contributed by atoms with van der Waals surface area (Å²) in [5.41, 5.74) is 6.64. The first-order valence-corrected chi connectivity index (χ1v) is 13.0. The molecule has 40 heavy (non-hydrogen) atoms. The molecule has 0 aromatic heterocycles. The molecule has 2 N–H and O–H groups in total. The fourth-order valence-corrected chi connectivity index (χ4v) is 4.75. The second-order valence-corrected chi connectivity index (χ2v) is 9.95. The van der Waals surface area contributed by atoms with Gasteiger partial charge in [0, 0.05) is 41.8 Å². The molecule has 0 saturated heterocycles. The molecular weight excluding hydrogens is 500 g/mol. The van der Waals surface area contributed by atoms with Crippen LogP contribution in [0.2, 0.25) is 0 Å².